The van der Waals surface area contributed by atoms with Crippen molar-refractivity contribution in [3.8, 4) is 39.6 Å². The van der Waals surface area contributed by atoms with Crippen LogP contribution in [0.4, 0.5) is 16.0 Å². The van der Waals surface area contributed by atoms with Crippen molar-refractivity contribution in [2.75, 3.05) is 24.1 Å². The summed E-state index contributed by atoms with van der Waals surface area (Å²) in [6.07, 6.45) is 11.2. The van der Waals surface area contributed by atoms with Gasteiger partial charge in [0.2, 0.25) is 5.82 Å². The summed E-state index contributed by atoms with van der Waals surface area (Å²) >= 11 is 0. The molecule has 0 atom stereocenters. The van der Waals surface area contributed by atoms with Crippen LogP contribution in [-0.4, -0.2) is 48.4 Å². The summed E-state index contributed by atoms with van der Waals surface area (Å²) < 4.78 is 15.6. The second kappa shape index (κ2) is 12.1. The Kier molecular flexibility index (Phi) is 7.59. The van der Waals surface area contributed by atoms with Crippen molar-refractivity contribution in [2.45, 2.75) is 25.4 Å². The Hall–Kier alpha value is -5.66. The molecule has 0 saturated carbocycles. The standard InChI is InChI=1S/C35H30FN9/c36-26-9-7-24(8-10-26)30-22-45-21-29(28-2-1-14-40-35(28)38)34(31(45)19-41-30)25-5-3-23(4-6-25)20-44-16-12-27(13-17-44)42-32-11-15-39-33(18-37)43-32/h1-11,14-15,19,21-22,27H,12-13,16-17,20H2,(H2,38,40)(H,39,42,43). The minimum atomic E-state index is -0.281. The number of piperidine rings is 1. The van der Waals surface area contributed by atoms with E-state index in [1.165, 1.54) is 17.7 Å². The summed E-state index contributed by atoms with van der Waals surface area (Å²) in [4.78, 5) is 19.7. The largest absolute Gasteiger partial charge is 0.383 e. The molecule has 9 nitrogen and oxygen atoms in total. The zero-order valence-electron chi connectivity index (χ0n) is 24.4. The average Bonchev–Trinajstić information content (AvgIpc) is 3.45. The van der Waals surface area contributed by atoms with Gasteiger partial charge in [-0.15, -0.1) is 0 Å². The maximum absolute atomic E-state index is 13.5. The highest BCUT2D eigenvalue weighted by Crippen LogP contribution is 2.39. The average molecular weight is 596 g/mol. The number of fused-ring (bicyclic) bond motifs is 1. The number of halogens is 1. The quantitative estimate of drug-likeness (QED) is 0.224. The van der Waals surface area contributed by atoms with Crippen LogP contribution in [0, 0.1) is 17.1 Å². The zero-order valence-corrected chi connectivity index (χ0v) is 24.4. The van der Waals surface area contributed by atoms with E-state index in [0.717, 1.165) is 71.5 Å². The number of aromatic nitrogens is 5. The molecule has 3 N–H and O–H groups in total. The zero-order chi connectivity index (χ0) is 30.8. The lowest BCUT2D eigenvalue weighted by Gasteiger charge is -2.32. The molecule has 222 valence electrons. The van der Waals surface area contributed by atoms with Crippen molar-refractivity contribution in [1.82, 2.24) is 29.2 Å². The molecule has 0 unspecified atom stereocenters. The van der Waals surface area contributed by atoms with Crippen LogP contribution in [0.5, 0.6) is 0 Å². The van der Waals surface area contributed by atoms with Gasteiger partial charge in [-0.2, -0.15) is 5.26 Å². The van der Waals surface area contributed by atoms with Gasteiger partial charge in [0.05, 0.1) is 17.4 Å². The Morgan fingerprint density at radius 3 is 2.42 bits per heavy atom. The molecule has 7 rings (SSSR count). The van der Waals surface area contributed by atoms with Gasteiger partial charge in [0, 0.05) is 72.7 Å². The predicted molar refractivity (Wildman–Crippen MR) is 172 cm³/mol. The number of pyridine rings is 1. The van der Waals surface area contributed by atoms with E-state index in [-0.39, 0.29) is 11.6 Å². The third kappa shape index (κ3) is 5.94. The van der Waals surface area contributed by atoms with E-state index in [0.29, 0.717) is 17.7 Å². The van der Waals surface area contributed by atoms with Crippen LogP contribution in [0.15, 0.2) is 97.7 Å². The first-order valence-electron chi connectivity index (χ1n) is 14.8. The fourth-order valence-electron chi connectivity index (χ4n) is 5.97. The van der Waals surface area contributed by atoms with Crippen molar-refractivity contribution in [1.29, 1.82) is 5.26 Å². The Morgan fingerprint density at radius 1 is 0.889 bits per heavy atom. The normalized spacial score (nSPS) is 14.0. The van der Waals surface area contributed by atoms with Crippen molar-refractivity contribution in [3.63, 3.8) is 0 Å². The highest BCUT2D eigenvalue weighted by atomic mass is 19.1. The Labute approximate surface area is 259 Å². The first kappa shape index (κ1) is 28.1. The fraction of sp³-hybridized carbons (Fsp3) is 0.171. The molecule has 0 aliphatic carbocycles. The summed E-state index contributed by atoms with van der Waals surface area (Å²) in [6, 6.07) is 23.0. The molecule has 45 heavy (non-hydrogen) atoms. The van der Waals surface area contributed by atoms with Crippen molar-refractivity contribution >= 4 is 17.2 Å². The number of likely N-dealkylation sites (tertiary alicyclic amines) is 1. The number of nitrogens with one attached hydrogen (secondary N) is 1. The monoisotopic (exact) mass is 595 g/mol. The van der Waals surface area contributed by atoms with Crippen LogP contribution in [-0.2, 0) is 6.54 Å². The number of benzene rings is 2. The van der Waals surface area contributed by atoms with Crippen LogP contribution in [0.1, 0.15) is 24.2 Å². The Morgan fingerprint density at radius 2 is 1.67 bits per heavy atom. The Balaban J connectivity index is 1.11. The van der Waals surface area contributed by atoms with Gasteiger partial charge in [0.15, 0.2) is 0 Å². The number of hydrogen-bond donors (Lipinski definition) is 2. The number of rotatable bonds is 7. The lowest BCUT2D eigenvalue weighted by molar-refractivity contribution is 0.211. The summed E-state index contributed by atoms with van der Waals surface area (Å²) in [5.41, 5.74) is 14.0. The van der Waals surface area contributed by atoms with Crippen LogP contribution in [0.25, 0.3) is 39.0 Å². The molecule has 1 fully saturated rings. The highest BCUT2D eigenvalue weighted by Gasteiger charge is 2.21. The van der Waals surface area contributed by atoms with Gasteiger partial charge in [-0.25, -0.2) is 19.3 Å². The SMILES string of the molecule is N#Cc1nccc(NC2CCN(Cc3ccc(-c4c(-c5cccnc5N)cn5cc(-c6ccc(F)cc6)ncc45)cc3)CC2)n1. The van der Waals surface area contributed by atoms with Gasteiger partial charge in [-0.1, -0.05) is 24.3 Å². The fourth-order valence-corrected chi connectivity index (χ4v) is 5.97. The second-order valence-electron chi connectivity index (χ2n) is 11.2. The number of nitrogens with zero attached hydrogens (tertiary/aromatic N) is 7. The summed E-state index contributed by atoms with van der Waals surface area (Å²) in [6.45, 7) is 2.79. The van der Waals surface area contributed by atoms with E-state index < -0.39 is 0 Å². The molecule has 0 radical (unpaired) electrons. The molecule has 4 aromatic heterocycles. The van der Waals surface area contributed by atoms with Gasteiger partial charge >= 0.3 is 0 Å². The smallest absolute Gasteiger partial charge is 0.234 e. The van der Waals surface area contributed by atoms with Crippen molar-refractivity contribution < 1.29 is 4.39 Å². The van der Waals surface area contributed by atoms with Crippen LogP contribution in [0.3, 0.4) is 0 Å². The van der Waals surface area contributed by atoms with E-state index in [1.807, 2.05) is 30.6 Å². The number of nitriles is 1. The lowest BCUT2D eigenvalue weighted by Crippen LogP contribution is -2.38. The van der Waals surface area contributed by atoms with E-state index >= 15 is 0 Å². The number of nitrogen functional groups attached to an aromatic ring is 1. The topological polar surface area (TPSA) is 121 Å². The van der Waals surface area contributed by atoms with Crippen LogP contribution >= 0.6 is 0 Å². The van der Waals surface area contributed by atoms with Gasteiger partial charge < -0.3 is 15.5 Å². The van der Waals surface area contributed by atoms with Crippen molar-refractivity contribution in [2.24, 2.45) is 0 Å². The third-order valence-electron chi connectivity index (χ3n) is 8.27. The molecular weight excluding hydrogens is 565 g/mol. The maximum Gasteiger partial charge on any atom is 0.234 e. The molecule has 1 aliphatic rings. The Bertz CT molecular complexity index is 2010. The van der Waals surface area contributed by atoms with Crippen LogP contribution in [0.2, 0.25) is 0 Å². The first-order chi connectivity index (χ1) is 22.0. The maximum atomic E-state index is 13.5. The van der Waals surface area contributed by atoms with Gasteiger partial charge in [-0.05, 0) is 66.4 Å². The van der Waals surface area contributed by atoms with Crippen molar-refractivity contribution in [3.05, 3.63) is 115 Å². The highest BCUT2D eigenvalue weighted by molar-refractivity contribution is 5.96. The molecule has 0 amide bonds. The summed E-state index contributed by atoms with van der Waals surface area (Å²) in [5, 5.41) is 12.5. The molecule has 2 aromatic carbocycles. The van der Waals surface area contributed by atoms with E-state index in [2.05, 4.69) is 60.0 Å². The van der Waals surface area contributed by atoms with E-state index in [1.54, 1.807) is 30.6 Å². The number of nitrogens with two attached hydrogens (primary N) is 1. The molecule has 6 aromatic rings. The van der Waals surface area contributed by atoms with Gasteiger partial charge in [-0.3, -0.25) is 9.88 Å². The summed E-state index contributed by atoms with van der Waals surface area (Å²) in [7, 11) is 0. The molecule has 1 saturated heterocycles. The third-order valence-corrected chi connectivity index (χ3v) is 8.27. The number of anilines is 2. The summed E-state index contributed by atoms with van der Waals surface area (Å²) in [5.74, 6) is 1.05. The van der Waals surface area contributed by atoms with Gasteiger partial charge in [0.1, 0.15) is 23.5 Å². The predicted octanol–water partition coefficient (Wildman–Crippen LogP) is 6.19. The van der Waals surface area contributed by atoms with Crippen LogP contribution < -0.4 is 11.1 Å². The lowest BCUT2D eigenvalue weighted by atomic mass is 9.97. The molecule has 0 spiro atoms. The van der Waals surface area contributed by atoms with Gasteiger partial charge in [0.25, 0.3) is 0 Å². The second-order valence-corrected chi connectivity index (χ2v) is 11.2. The molecular formula is C35H30FN9. The molecule has 10 heteroatoms. The molecule has 0 bridgehead atoms. The minimum Gasteiger partial charge on any atom is -0.383 e. The number of hydrogen-bond acceptors (Lipinski definition) is 8. The first-order valence-corrected chi connectivity index (χ1v) is 14.8. The molecule has 5 heterocycles. The molecule has 1 aliphatic heterocycles. The van der Waals surface area contributed by atoms with E-state index in [4.69, 9.17) is 16.0 Å². The van der Waals surface area contributed by atoms with E-state index in [9.17, 15) is 4.39 Å². The minimum absolute atomic E-state index is 0.177.